The van der Waals surface area contributed by atoms with Gasteiger partial charge in [0.25, 0.3) is 16.6 Å². The second kappa shape index (κ2) is 28.4. The van der Waals surface area contributed by atoms with Crippen LogP contribution in [0.3, 0.4) is 0 Å². The van der Waals surface area contributed by atoms with Crippen LogP contribution in [0.15, 0.2) is 146 Å². The third-order valence-electron chi connectivity index (χ3n) is 16.0. The van der Waals surface area contributed by atoms with Crippen LogP contribution in [0.25, 0.3) is 0 Å². The summed E-state index contributed by atoms with van der Waals surface area (Å²) in [5.41, 5.74) is 0. The third-order valence-corrected chi connectivity index (χ3v) is 30.5. The summed E-state index contributed by atoms with van der Waals surface area (Å²) in [6, 6.07) is 44.0. The van der Waals surface area contributed by atoms with E-state index in [-0.39, 0.29) is 39.3 Å². The Morgan fingerprint density at radius 1 is 0.541 bits per heavy atom. The summed E-state index contributed by atoms with van der Waals surface area (Å²) < 4.78 is 43.4. The van der Waals surface area contributed by atoms with Gasteiger partial charge in [-0.15, -0.1) is 0 Å². The van der Waals surface area contributed by atoms with E-state index in [4.69, 9.17) is 27.5 Å². The van der Waals surface area contributed by atoms with Crippen LogP contribution in [0.4, 0.5) is 0 Å². The van der Waals surface area contributed by atoms with Gasteiger partial charge in [-0.3, -0.25) is 0 Å². The Balaban J connectivity index is 1.57. The fourth-order valence-electron chi connectivity index (χ4n) is 10.8. The smallest absolute Gasteiger partial charge is 0.262 e. The molecule has 0 aromatic heterocycles. The summed E-state index contributed by atoms with van der Waals surface area (Å²) in [5.74, 6) is 0.0178. The fraction of sp³-hybridized carbons (Fsp3) is 0.569. The van der Waals surface area contributed by atoms with Crippen molar-refractivity contribution in [3.05, 3.63) is 146 Å². The number of hydrogen-bond donors (Lipinski definition) is 0. The maximum atomic E-state index is 8.14. The maximum Gasteiger partial charge on any atom is 0.262 e. The number of ether oxygens (including phenoxy) is 3. The molecule has 1 aliphatic heterocycles. The monoisotopic (exact) mass is 1060 g/mol. The normalized spacial score (nSPS) is 18.9. The van der Waals surface area contributed by atoms with Crippen LogP contribution in [0, 0.1) is 5.92 Å². The lowest BCUT2D eigenvalue weighted by Gasteiger charge is -2.47. The Bertz CT molecular complexity index is 2150. The maximum absolute atomic E-state index is 8.14. The molecule has 7 atom stereocenters. The summed E-state index contributed by atoms with van der Waals surface area (Å²) >= 11 is 0. The molecule has 0 saturated carbocycles. The van der Waals surface area contributed by atoms with E-state index < -0.39 is 43.6 Å². The molecule has 0 amide bonds. The molecule has 0 radical (unpaired) electrons. The summed E-state index contributed by atoms with van der Waals surface area (Å²) in [6.45, 7) is 34.9. The van der Waals surface area contributed by atoms with Crippen LogP contribution >= 0.6 is 0 Å². The zero-order chi connectivity index (χ0) is 54.0. The second-order valence-corrected chi connectivity index (χ2v) is 37.9. The summed E-state index contributed by atoms with van der Waals surface area (Å²) in [5, 5.41) is 4.69. The zero-order valence-electron chi connectivity index (χ0n) is 48.8. The van der Waals surface area contributed by atoms with Gasteiger partial charge in [-0.2, -0.15) is 0 Å². The van der Waals surface area contributed by atoms with Gasteiger partial charge in [-0.25, -0.2) is 0 Å². The molecule has 0 bridgehead atoms. The van der Waals surface area contributed by atoms with Crippen molar-refractivity contribution in [3.63, 3.8) is 0 Å². The molecular formula is C65H100O6Si3. The van der Waals surface area contributed by atoms with Crippen molar-refractivity contribution in [2.45, 2.75) is 226 Å². The van der Waals surface area contributed by atoms with E-state index in [0.717, 1.165) is 12.8 Å². The van der Waals surface area contributed by atoms with Crippen molar-refractivity contribution in [1.82, 2.24) is 0 Å². The molecule has 0 aliphatic carbocycles. The van der Waals surface area contributed by atoms with Gasteiger partial charge >= 0.3 is 0 Å². The molecular weight excluding hydrogens is 961 g/mol. The van der Waals surface area contributed by atoms with Crippen LogP contribution in [0.2, 0.25) is 28.2 Å². The highest BCUT2D eigenvalue weighted by atomic mass is 28.4. The van der Waals surface area contributed by atoms with Gasteiger partial charge in [0.2, 0.25) is 0 Å². The van der Waals surface area contributed by atoms with Crippen molar-refractivity contribution in [1.29, 1.82) is 0 Å². The number of benzene rings is 4. The summed E-state index contributed by atoms with van der Waals surface area (Å²) in [7, 11) is -8.12. The van der Waals surface area contributed by atoms with Crippen molar-refractivity contribution >= 4 is 45.7 Å². The van der Waals surface area contributed by atoms with Crippen molar-refractivity contribution in [2.24, 2.45) is 5.92 Å². The Morgan fingerprint density at radius 3 is 1.42 bits per heavy atom. The third kappa shape index (κ3) is 16.2. The quantitative estimate of drug-likeness (QED) is 0.0234. The van der Waals surface area contributed by atoms with Crippen molar-refractivity contribution in [2.75, 3.05) is 6.61 Å². The molecule has 408 valence electrons. The minimum Gasteiger partial charge on any atom is -0.404 e. The first-order valence-corrected chi connectivity index (χ1v) is 35.4. The van der Waals surface area contributed by atoms with Gasteiger partial charge in [0.05, 0.1) is 18.3 Å². The molecule has 74 heavy (non-hydrogen) atoms. The van der Waals surface area contributed by atoms with Gasteiger partial charge in [-0.05, 0) is 81.7 Å². The topological polar surface area (TPSA) is 55.4 Å². The standard InChI is InChI=1S/C65H100O6Si3/c1-16-18-19-20-21-22-23-24-37-47-59(69-73(64(8,9)10,54-39-29-25-30-40-54)55-41-31-26-32-42-55)52(3)58(67-53(4)66-17-2)48-38-49-60-61(50-51-62(68-60)71-72(14,15)63(5,6)7)70-74(65(11,12)13,56-43-33-27-34-44-56)57-45-35-28-36-46-57/h25-36,38-46,49-53,58-62H,16-24,37,47-48H2,1-15H3/b49-38+/t52-,53?,58+,59+,60+,61+,62?/m1/s1. The first-order chi connectivity index (χ1) is 35.1. The number of hydrogen-bond acceptors (Lipinski definition) is 6. The van der Waals surface area contributed by atoms with Gasteiger partial charge in [0, 0.05) is 12.5 Å². The number of unbranched alkanes of at least 4 members (excludes halogenated alkanes) is 8. The lowest BCUT2D eigenvalue weighted by molar-refractivity contribution is -0.175. The van der Waals surface area contributed by atoms with E-state index in [1.54, 1.807) is 0 Å². The van der Waals surface area contributed by atoms with E-state index in [1.165, 1.54) is 72.1 Å². The first kappa shape index (κ1) is 61.6. The highest BCUT2D eigenvalue weighted by Crippen LogP contribution is 2.43. The molecule has 9 heteroatoms. The predicted octanol–water partition coefficient (Wildman–Crippen LogP) is 15.5. The minimum absolute atomic E-state index is 0.0110. The average molecular weight is 1060 g/mol. The molecule has 4 aromatic rings. The highest BCUT2D eigenvalue weighted by Gasteiger charge is 2.54. The molecule has 0 saturated heterocycles. The van der Waals surface area contributed by atoms with Crippen molar-refractivity contribution in [3.8, 4) is 0 Å². The molecule has 6 nitrogen and oxygen atoms in total. The molecule has 2 unspecified atom stereocenters. The summed E-state index contributed by atoms with van der Waals surface area (Å²) in [6.07, 6.45) is 19.9. The zero-order valence-corrected chi connectivity index (χ0v) is 51.8. The van der Waals surface area contributed by atoms with Crippen molar-refractivity contribution < 1.29 is 27.5 Å². The molecule has 0 spiro atoms. The Labute approximate surface area is 454 Å². The lowest BCUT2D eigenvalue weighted by Crippen LogP contribution is -2.68. The molecule has 0 fully saturated rings. The first-order valence-electron chi connectivity index (χ1n) is 28.6. The Kier molecular flexibility index (Phi) is 23.7. The van der Waals surface area contributed by atoms with Crippen LogP contribution in [0.1, 0.15) is 161 Å². The molecule has 4 aromatic carbocycles. The van der Waals surface area contributed by atoms with Gasteiger partial charge in [-0.1, -0.05) is 274 Å². The average Bonchev–Trinajstić information content (AvgIpc) is 3.36. The molecule has 1 heterocycles. The Hall–Kier alpha value is -3.23. The molecule has 5 rings (SSSR count). The van der Waals surface area contributed by atoms with Crippen LogP contribution in [-0.2, 0) is 27.5 Å². The largest absolute Gasteiger partial charge is 0.404 e. The summed E-state index contributed by atoms with van der Waals surface area (Å²) in [4.78, 5) is 0. The predicted molar refractivity (Wildman–Crippen MR) is 322 cm³/mol. The molecule has 1 aliphatic rings. The van der Waals surface area contributed by atoms with E-state index in [2.05, 4.69) is 235 Å². The SMILES string of the molecule is CCCCCCCCCCC[C@H](O[Si](c1ccccc1)(c1ccccc1)C(C)(C)C)[C@H](C)[C@H](C/C=C/[C@@H]1OC(O[Si](C)(C)C(C)(C)C)C=C[C@@H]1O[Si](c1ccccc1)(c1ccccc1)C(C)(C)C)OC(C)OCC. The van der Waals surface area contributed by atoms with Gasteiger partial charge in [0.15, 0.2) is 20.9 Å². The van der Waals surface area contributed by atoms with Crippen LogP contribution in [0.5, 0.6) is 0 Å². The van der Waals surface area contributed by atoms with E-state index in [1.807, 2.05) is 13.8 Å². The van der Waals surface area contributed by atoms with Crippen LogP contribution < -0.4 is 20.7 Å². The van der Waals surface area contributed by atoms with E-state index in [9.17, 15) is 0 Å². The Morgan fingerprint density at radius 2 is 0.986 bits per heavy atom. The minimum atomic E-state index is -2.98. The van der Waals surface area contributed by atoms with Gasteiger partial charge < -0.3 is 27.5 Å². The van der Waals surface area contributed by atoms with E-state index >= 15 is 0 Å². The van der Waals surface area contributed by atoms with E-state index in [0.29, 0.717) is 13.0 Å². The fourth-order valence-corrected chi connectivity index (χ4v) is 21.3. The lowest BCUT2D eigenvalue weighted by atomic mass is 9.91. The van der Waals surface area contributed by atoms with Gasteiger partial charge in [0.1, 0.15) is 6.10 Å². The molecule has 0 N–H and O–H groups in total. The number of rotatable bonds is 29. The highest BCUT2D eigenvalue weighted by molar-refractivity contribution is 7.00. The van der Waals surface area contributed by atoms with Crippen LogP contribution in [-0.4, -0.2) is 68.6 Å². The second-order valence-electron chi connectivity index (χ2n) is 24.6.